The van der Waals surface area contributed by atoms with Crippen molar-refractivity contribution < 1.29 is 9.53 Å². The number of aromatic amines is 1. The largest absolute Gasteiger partial charge is 0.459 e. The summed E-state index contributed by atoms with van der Waals surface area (Å²) in [6.45, 7) is 6.40. The molecule has 1 heterocycles. The van der Waals surface area contributed by atoms with Crippen LogP contribution in [0, 0.1) is 0 Å². The van der Waals surface area contributed by atoms with Gasteiger partial charge in [0, 0.05) is 23.6 Å². The molecule has 4 nitrogen and oxygen atoms in total. The van der Waals surface area contributed by atoms with Crippen LogP contribution in [0.15, 0.2) is 60.8 Å². The molecule has 0 spiro atoms. The van der Waals surface area contributed by atoms with Crippen molar-refractivity contribution in [2.75, 3.05) is 6.54 Å². The highest BCUT2D eigenvalue weighted by atomic mass is 16.6. The van der Waals surface area contributed by atoms with Crippen molar-refractivity contribution in [1.29, 1.82) is 0 Å². The summed E-state index contributed by atoms with van der Waals surface area (Å²) in [5, 5.41) is 4.64. The van der Waals surface area contributed by atoms with Gasteiger partial charge in [-0.05, 0) is 50.8 Å². The molecule has 27 heavy (non-hydrogen) atoms. The van der Waals surface area contributed by atoms with Crippen LogP contribution in [0.2, 0.25) is 0 Å². The van der Waals surface area contributed by atoms with E-state index in [1.54, 1.807) is 0 Å². The molecule has 4 heteroatoms. The molecule has 2 aromatic carbocycles. The van der Waals surface area contributed by atoms with E-state index in [-0.39, 0.29) is 12.0 Å². The van der Waals surface area contributed by atoms with Crippen LogP contribution in [-0.2, 0) is 22.4 Å². The zero-order valence-electron chi connectivity index (χ0n) is 16.3. The summed E-state index contributed by atoms with van der Waals surface area (Å²) in [7, 11) is 0. The first-order valence-corrected chi connectivity index (χ1v) is 9.47. The van der Waals surface area contributed by atoms with Crippen LogP contribution in [0.5, 0.6) is 0 Å². The lowest BCUT2D eigenvalue weighted by molar-refractivity contribution is -0.157. The van der Waals surface area contributed by atoms with Gasteiger partial charge in [0.05, 0.1) is 0 Å². The molecule has 2 N–H and O–H groups in total. The highest BCUT2D eigenvalue weighted by Crippen LogP contribution is 2.18. The fourth-order valence-corrected chi connectivity index (χ4v) is 3.18. The Bertz CT molecular complexity index is 878. The van der Waals surface area contributed by atoms with Crippen LogP contribution in [0.3, 0.4) is 0 Å². The molecular weight excluding hydrogens is 336 g/mol. The first kappa shape index (κ1) is 19.2. The highest BCUT2D eigenvalue weighted by Gasteiger charge is 2.25. The van der Waals surface area contributed by atoms with Crippen molar-refractivity contribution in [3.63, 3.8) is 0 Å². The van der Waals surface area contributed by atoms with Gasteiger partial charge in [0.2, 0.25) is 0 Å². The molecule has 1 atom stereocenters. The number of ether oxygens (including phenoxy) is 1. The van der Waals surface area contributed by atoms with Gasteiger partial charge < -0.3 is 15.0 Å². The Kier molecular flexibility index (Phi) is 5.97. The Morgan fingerprint density at radius 1 is 1.07 bits per heavy atom. The first-order chi connectivity index (χ1) is 12.9. The average Bonchev–Trinajstić information content (AvgIpc) is 3.04. The van der Waals surface area contributed by atoms with E-state index < -0.39 is 5.60 Å². The van der Waals surface area contributed by atoms with E-state index in [4.69, 9.17) is 4.74 Å². The van der Waals surface area contributed by atoms with Gasteiger partial charge in [-0.2, -0.15) is 0 Å². The normalized spacial score (nSPS) is 12.9. The van der Waals surface area contributed by atoms with Crippen molar-refractivity contribution in [3.05, 3.63) is 71.9 Å². The number of esters is 1. The Hall–Kier alpha value is -2.59. The SMILES string of the molecule is CC(C)(C)OC(=O)C(Cc1ccccc1)NCCc1c[nH]c2ccccc12. The predicted octanol–water partition coefficient (Wildman–Crippen LogP) is 4.25. The third-order valence-electron chi connectivity index (χ3n) is 4.43. The molecule has 0 radical (unpaired) electrons. The van der Waals surface area contributed by atoms with Gasteiger partial charge in [0.15, 0.2) is 0 Å². The second-order valence-corrected chi connectivity index (χ2v) is 7.84. The third-order valence-corrected chi connectivity index (χ3v) is 4.43. The molecule has 142 valence electrons. The third kappa shape index (κ3) is 5.44. The molecule has 0 fully saturated rings. The maximum atomic E-state index is 12.7. The zero-order chi connectivity index (χ0) is 19.3. The van der Waals surface area contributed by atoms with E-state index in [2.05, 4.69) is 22.4 Å². The van der Waals surface area contributed by atoms with E-state index in [1.807, 2.05) is 69.4 Å². The van der Waals surface area contributed by atoms with Crippen molar-refractivity contribution in [1.82, 2.24) is 10.3 Å². The number of aromatic nitrogens is 1. The van der Waals surface area contributed by atoms with Gasteiger partial charge in [0.25, 0.3) is 0 Å². The first-order valence-electron chi connectivity index (χ1n) is 9.47. The van der Waals surface area contributed by atoms with E-state index in [9.17, 15) is 4.79 Å². The fourth-order valence-electron chi connectivity index (χ4n) is 3.18. The minimum atomic E-state index is -0.495. The topological polar surface area (TPSA) is 54.1 Å². The summed E-state index contributed by atoms with van der Waals surface area (Å²) < 4.78 is 5.62. The van der Waals surface area contributed by atoms with Gasteiger partial charge >= 0.3 is 5.97 Å². The number of hydrogen-bond donors (Lipinski definition) is 2. The molecule has 0 aliphatic heterocycles. The number of para-hydroxylation sites is 1. The van der Waals surface area contributed by atoms with E-state index >= 15 is 0 Å². The average molecular weight is 364 g/mol. The van der Waals surface area contributed by atoms with Crippen LogP contribution in [0.4, 0.5) is 0 Å². The van der Waals surface area contributed by atoms with Gasteiger partial charge in [-0.15, -0.1) is 0 Å². The van der Waals surface area contributed by atoms with Crippen LogP contribution < -0.4 is 5.32 Å². The molecule has 1 aromatic heterocycles. The van der Waals surface area contributed by atoms with Gasteiger partial charge in [0.1, 0.15) is 11.6 Å². The minimum Gasteiger partial charge on any atom is -0.459 e. The lowest BCUT2D eigenvalue weighted by atomic mass is 10.0. The van der Waals surface area contributed by atoms with Crippen molar-refractivity contribution in [2.24, 2.45) is 0 Å². The molecule has 3 rings (SSSR count). The van der Waals surface area contributed by atoms with Crippen molar-refractivity contribution in [2.45, 2.75) is 45.3 Å². The fraction of sp³-hybridized carbons (Fsp3) is 0.348. The Labute approximate surface area is 160 Å². The molecule has 1 unspecified atom stereocenters. The Morgan fingerprint density at radius 3 is 2.52 bits per heavy atom. The van der Waals surface area contributed by atoms with Crippen molar-refractivity contribution in [3.8, 4) is 0 Å². The quantitative estimate of drug-likeness (QED) is 0.616. The summed E-state index contributed by atoms with van der Waals surface area (Å²) in [5.41, 5.74) is 3.01. The molecule has 0 aliphatic carbocycles. The summed E-state index contributed by atoms with van der Waals surface area (Å²) in [6, 6.07) is 18.0. The number of benzene rings is 2. The summed E-state index contributed by atoms with van der Waals surface area (Å²) in [5.74, 6) is -0.203. The Morgan fingerprint density at radius 2 is 1.78 bits per heavy atom. The van der Waals surface area contributed by atoms with E-state index in [0.717, 1.165) is 17.5 Å². The summed E-state index contributed by atoms with van der Waals surface area (Å²) >= 11 is 0. The molecular formula is C23H28N2O2. The maximum Gasteiger partial charge on any atom is 0.323 e. The highest BCUT2D eigenvalue weighted by molar-refractivity contribution is 5.83. The molecule has 0 amide bonds. The Balaban J connectivity index is 1.66. The molecule has 0 saturated carbocycles. The van der Waals surface area contributed by atoms with Crippen LogP contribution in [0.1, 0.15) is 31.9 Å². The second-order valence-electron chi connectivity index (χ2n) is 7.84. The molecule has 0 saturated heterocycles. The van der Waals surface area contributed by atoms with Gasteiger partial charge in [-0.3, -0.25) is 4.79 Å². The van der Waals surface area contributed by atoms with Crippen LogP contribution >= 0.6 is 0 Å². The number of H-pyrrole nitrogens is 1. The molecule has 3 aromatic rings. The number of fused-ring (bicyclic) bond motifs is 1. The number of nitrogens with one attached hydrogen (secondary N) is 2. The second kappa shape index (κ2) is 8.40. The smallest absolute Gasteiger partial charge is 0.323 e. The maximum absolute atomic E-state index is 12.7. The van der Waals surface area contributed by atoms with Crippen LogP contribution in [0.25, 0.3) is 10.9 Å². The lowest BCUT2D eigenvalue weighted by Crippen LogP contribution is -2.43. The van der Waals surface area contributed by atoms with E-state index in [1.165, 1.54) is 10.9 Å². The van der Waals surface area contributed by atoms with Gasteiger partial charge in [-0.1, -0.05) is 48.5 Å². The van der Waals surface area contributed by atoms with E-state index in [0.29, 0.717) is 13.0 Å². The zero-order valence-corrected chi connectivity index (χ0v) is 16.3. The summed E-state index contributed by atoms with van der Waals surface area (Å²) in [4.78, 5) is 16.0. The summed E-state index contributed by atoms with van der Waals surface area (Å²) in [6.07, 6.45) is 3.51. The number of hydrogen-bond acceptors (Lipinski definition) is 3. The number of rotatable bonds is 7. The number of carbonyl (C=O) groups excluding carboxylic acids is 1. The monoisotopic (exact) mass is 364 g/mol. The standard InChI is InChI=1S/C23H28N2O2/c1-23(2,3)27-22(26)21(15-17-9-5-4-6-10-17)24-14-13-18-16-25-20-12-8-7-11-19(18)20/h4-12,16,21,24-25H,13-15H2,1-3H3. The minimum absolute atomic E-state index is 0.203. The lowest BCUT2D eigenvalue weighted by Gasteiger charge is -2.24. The number of carbonyl (C=O) groups is 1. The predicted molar refractivity (Wildman–Crippen MR) is 110 cm³/mol. The van der Waals surface area contributed by atoms with Crippen LogP contribution in [-0.4, -0.2) is 29.1 Å². The molecule has 0 bridgehead atoms. The van der Waals surface area contributed by atoms with Crippen molar-refractivity contribution >= 4 is 16.9 Å². The van der Waals surface area contributed by atoms with Gasteiger partial charge in [-0.25, -0.2) is 0 Å². The molecule has 0 aliphatic rings.